The molecule has 0 bridgehead atoms. The number of hydrogen-bond donors (Lipinski definition) is 1. The van der Waals surface area contributed by atoms with Gasteiger partial charge >= 0.3 is 0 Å². The van der Waals surface area contributed by atoms with Crippen LogP contribution in [0, 0.1) is 20.2 Å². The van der Waals surface area contributed by atoms with Crippen LogP contribution in [0.4, 0.5) is 17.1 Å². The van der Waals surface area contributed by atoms with E-state index in [1.807, 2.05) is 0 Å². The molecule has 1 N–H and O–H groups in total. The molecule has 0 unspecified atom stereocenters. The maximum Gasteiger partial charge on any atom is 0.273 e. The van der Waals surface area contributed by atoms with Crippen molar-refractivity contribution in [2.45, 2.75) is 0 Å². The zero-order valence-electron chi connectivity index (χ0n) is 10.5. The Morgan fingerprint density at radius 2 is 1.52 bits per heavy atom. The maximum absolute atomic E-state index is 10.5. The Kier molecular flexibility index (Phi) is 3.89. The Balaban J connectivity index is 2.21. The number of non-ortho nitro benzene ring substituents is 2. The molecule has 0 amide bonds. The van der Waals surface area contributed by atoms with E-state index < -0.39 is 9.85 Å². The lowest BCUT2D eigenvalue weighted by atomic mass is 10.2. The maximum atomic E-state index is 10.5. The standard InChI is InChI=1S/C13H9N3O5/c17-13-7-11(16(20)21)5-6-12(13)14-8-9-1-3-10(4-2-9)15(18)19/h1-8,17H. The van der Waals surface area contributed by atoms with Gasteiger partial charge in [0.15, 0.2) is 0 Å². The molecule has 8 heteroatoms. The average Bonchev–Trinajstić information content (AvgIpc) is 2.46. The SMILES string of the molecule is O=[N+]([O-])c1ccc(C=Nc2ccc([N+](=O)[O-])cc2O)cc1. The monoisotopic (exact) mass is 287 g/mol. The van der Waals surface area contributed by atoms with Crippen molar-refractivity contribution in [3.8, 4) is 5.75 Å². The first kappa shape index (κ1) is 14.1. The summed E-state index contributed by atoms with van der Waals surface area (Å²) in [6.45, 7) is 0. The largest absolute Gasteiger partial charge is 0.505 e. The van der Waals surface area contributed by atoms with Crippen LogP contribution < -0.4 is 0 Å². The molecule has 2 aromatic rings. The highest BCUT2D eigenvalue weighted by Gasteiger charge is 2.09. The van der Waals surface area contributed by atoms with Gasteiger partial charge < -0.3 is 5.11 Å². The van der Waals surface area contributed by atoms with Crippen molar-refractivity contribution in [3.63, 3.8) is 0 Å². The van der Waals surface area contributed by atoms with E-state index >= 15 is 0 Å². The summed E-state index contributed by atoms with van der Waals surface area (Å²) >= 11 is 0. The Bertz CT molecular complexity index is 725. The molecule has 0 aromatic heterocycles. The molecule has 0 atom stereocenters. The van der Waals surface area contributed by atoms with E-state index in [2.05, 4.69) is 4.99 Å². The van der Waals surface area contributed by atoms with Crippen LogP contribution >= 0.6 is 0 Å². The van der Waals surface area contributed by atoms with E-state index in [1.54, 1.807) is 0 Å². The van der Waals surface area contributed by atoms with E-state index in [4.69, 9.17) is 0 Å². The molecule has 0 saturated heterocycles. The summed E-state index contributed by atoms with van der Waals surface area (Å²) in [4.78, 5) is 23.9. The molecule has 0 heterocycles. The van der Waals surface area contributed by atoms with Crippen molar-refractivity contribution in [2.75, 3.05) is 0 Å². The number of nitro groups is 2. The molecule has 0 aliphatic rings. The van der Waals surface area contributed by atoms with Crippen molar-refractivity contribution >= 4 is 23.3 Å². The van der Waals surface area contributed by atoms with Gasteiger partial charge in [-0.3, -0.25) is 25.2 Å². The summed E-state index contributed by atoms with van der Waals surface area (Å²) in [5.41, 5.74) is 0.490. The highest BCUT2D eigenvalue weighted by molar-refractivity contribution is 5.83. The van der Waals surface area contributed by atoms with Crippen molar-refractivity contribution in [3.05, 3.63) is 68.3 Å². The molecule has 8 nitrogen and oxygen atoms in total. The molecule has 2 rings (SSSR count). The number of aromatic hydroxyl groups is 1. The summed E-state index contributed by atoms with van der Waals surface area (Å²) in [6.07, 6.45) is 1.39. The molecular formula is C13H9N3O5. The second-order valence-electron chi connectivity index (χ2n) is 4.04. The molecule has 106 valence electrons. The number of benzene rings is 2. The van der Waals surface area contributed by atoms with Crippen LogP contribution in [-0.2, 0) is 0 Å². The van der Waals surface area contributed by atoms with Gasteiger partial charge in [-0.1, -0.05) is 0 Å². The topological polar surface area (TPSA) is 119 Å². The van der Waals surface area contributed by atoms with Gasteiger partial charge in [-0.2, -0.15) is 0 Å². The third-order valence-corrected chi connectivity index (χ3v) is 2.63. The quantitative estimate of drug-likeness (QED) is 0.526. The third kappa shape index (κ3) is 3.38. The van der Waals surface area contributed by atoms with Gasteiger partial charge in [0, 0.05) is 24.4 Å². The number of nitro benzene ring substituents is 2. The normalized spacial score (nSPS) is 10.7. The first-order valence-electron chi connectivity index (χ1n) is 5.73. The minimum absolute atomic E-state index is 0.0367. The molecule has 0 aliphatic carbocycles. The molecule has 0 fully saturated rings. The Morgan fingerprint density at radius 1 is 0.952 bits per heavy atom. The third-order valence-electron chi connectivity index (χ3n) is 2.63. The van der Waals surface area contributed by atoms with Crippen molar-refractivity contribution < 1.29 is 15.0 Å². The van der Waals surface area contributed by atoms with Gasteiger partial charge in [-0.25, -0.2) is 0 Å². The number of aliphatic imine (C=N–C) groups is 1. The lowest BCUT2D eigenvalue weighted by Gasteiger charge is -1.98. The van der Waals surface area contributed by atoms with Crippen LogP contribution in [0.5, 0.6) is 5.75 Å². The summed E-state index contributed by atoms with van der Waals surface area (Å²) in [5, 5.41) is 30.7. The number of rotatable bonds is 4. The van der Waals surface area contributed by atoms with Gasteiger partial charge in [0.1, 0.15) is 11.4 Å². The number of nitrogens with zero attached hydrogens (tertiary/aromatic N) is 3. The molecule has 0 spiro atoms. The predicted molar refractivity (Wildman–Crippen MR) is 75.1 cm³/mol. The lowest BCUT2D eigenvalue weighted by molar-refractivity contribution is -0.385. The van der Waals surface area contributed by atoms with E-state index in [-0.39, 0.29) is 22.8 Å². The lowest BCUT2D eigenvalue weighted by Crippen LogP contribution is -1.88. The molecule has 21 heavy (non-hydrogen) atoms. The Morgan fingerprint density at radius 3 is 2.05 bits per heavy atom. The van der Waals surface area contributed by atoms with Gasteiger partial charge in [0.05, 0.1) is 15.9 Å². The average molecular weight is 287 g/mol. The Hall–Kier alpha value is -3.29. The van der Waals surface area contributed by atoms with Crippen LogP contribution in [-0.4, -0.2) is 21.2 Å². The number of hydrogen-bond acceptors (Lipinski definition) is 6. The second-order valence-corrected chi connectivity index (χ2v) is 4.04. The van der Waals surface area contributed by atoms with Crippen LogP contribution in [0.15, 0.2) is 47.5 Å². The minimum atomic E-state index is -0.621. The summed E-state index contributed by atoms with van der Waals surface area (Å²) in [5.74, 6) is -0.317. The molecule has 0 saturated carbocycles. The number of phenols is 1. The van der Waals surface area contributed by atoms with E-state index in [9.17, 15) is 25.3 Å². The van der Waals surface area contributed by atoms with Gasteiger partial charge in [0.2, 0.25) is 0 Å². The van der Waals surface area contributed by atoms with E-state index in [1.165, 1.54) is 42.6 Å². The van der Waals surface area contributed by atoms with E-state index in [0.717, 1.165) is 6.07 Å². The highest BCUT2D eigenvalue weighted by atomic mass is 16.6. The molecule has 0 aliphatic heterocycles. The summed E-state index contributed by atoms with van der Waals surface area (Å²) in [7, 11) is 0. The fourth-order valence-corrected chi connectivity index (χ4v) is 1.56. The molecule has 0 radical (unpaired) electrons. The first-order chi connectivity index (χ1) is 9.97. The van der Waals surface area contributed by atoms with Gasteiger partial charge in [-0.05, 0) is 23.8 Å². The van der Waals surface area contributed by atoms with E-state index in [0.29, 0.717) is 5.56 Å². The first-order valence-corrected chi connectivity index (χ1v) is 5.73. The smallest absolute Gasteiger partial charge is 0.273 e. The fraction of sp³-hybridized carbons (Fsp3) is 0. The zero-order valence-corrected chi connectivity index (χ0v) is 10.5. The molecule has 2 aromatic carbocycles. The highest BCUT2D eigenvalue weighted by Crippen LogP contribution is 2.30. The Labute approximate surface area is 118 Å². The minimum Gasteiger partial charge on any atom is -0.505 e. The second kappa shape index (κ2) is 5.78. The summed E-state index contributed by atoms with van der Waals surface area (Å²) in [6, 6.07) is 9.21. The summed E-state index contributed by atoms with van der Waals surface area (Å²) < 4.78 is 0. The van der Waals surface area contributed by atoms with Gasteiger partial charge in [0.25, 0.3) is 11.4 Å². The predicted octanol–water partition coefficient (Wildman–Crippen LogP) is 2.96. The van der Waals surface area contributed by atoms with Crippen LogP contribution in [0.2, 0.25) is 0 Å². The van der Waals surface area contributed by atoms with Crippen molar-refractivity contribution in [1.29, 1.82) is 0 Å². The fourth-order valence-electron chi connectivity index (χ4n) is 1.56. The van der Waals surface area contributed by atoms with Gasteiger partial charge in [-0.15, -0.1) is 0 Å². The van der Waals surface area contributed by atoms with Crippen molar-refractivity contribution in [2.24, 2.45) is 4.99 Å². The zero-order chi connectivity index (χ0) is 15.4. The van der Waals surface area contributed by atoms with Crippen LogP contribution in [0.1, 0.15) is 5.56 Å². The van der Waals surface area contributed by atoms with Crippen LogP contribution in [0.3, 0.4) is 0 Å². The molecular weight excluding hydrogens is 278 g/mol. The van der Waals surface area contributed by atoms with Crippen LogP contribution in [0.25, 0.3) is 0 Å². The van der Waals surface area contributed by atoms with Crippen molar-refractivity contribution in [1.82, 2.24) is 0 Å². The number of phenolic OH excluding ortho intramolecular Hbond substituents is 1.